The Morgan fingerprint density at radius 3 is 2.70 bits per heavy atom. The SMILES string of the molecule is COC(=O)c1ccc(Cn2ccnc2-c2cccc(Br)c2)cc1. The van der Waals surface area contributed by atoms with Crippen molar-refractivity contribution in [1.82, 2.24) is 9.55 Å². The normalized spacial score (nSPS) is 10.5. The summed E-state index contributed by atoms with van der Waals surface area (Å²) in [6.07, 6.45) is 3.74. The molecule has 0 saturated carbocycles. The average molecular weight is 371 g/mol. The number of esters is 1. The van der Waals surface area contributed by atoms with Crippen LogP contribution in [0, 0.1) is 0 Å². The summed E-state index contributed by atoms with van der Waals surface area (Å²) in [6.45, 7) is 0.684. The van der Waals surface area contributed by atoms with E-state index in [9.17, 15) is 4.79 Å². The number of halogens is 1. The maximum atomic E-state index is 11.5. The highest BCUT2D eigenvalue weighted by molar-refractivity contribution is 9.10. The van der Waals surface area contributed by atoms with Gasteiger partial charge in [0, 0.05) is 29.0 Å². The van der Waals surface area contributed by atoms with Crippen molar-refractivity contribution in [3.05, 3.63) is 76.5 Å². The van der Waals surface area contributed by atoms with E-state index in [2.05, 4.69) is 25.5 Å². The molecule has 0 atom stereocenters. The van der Waals surface area contributed by atoms with Gasteiger partial charge in [-0.25, -0.2) is 9.78 Å². The van der Waals surface area contributed by atoms with Crippen LogP contribution < -0.4 is 0 Å². The first-order chi connectivity index (χ1) is 11.2. The van der Waals surface area contributed by atoms with Crippen molar-refractivity contribution in [1.29, 1.82) is 0 Å². The smallest absolute Gasteiger partial charge is 0.337 e. The summed E-state index contributed by atoms with van der Waals surface area (Å²) >= 11 is 3.49. The van der Waals surface area contributed by atoms with Gasteiger partial charge in [0.25, 0.3) is 0 Å². The van der Waals surface area contributed by atoms with Crippen LogP contribution >= 0.6 is 15.9 Å². The molecule has 0 fully saturated rings. The van der Waals surface area contributed by atoms with E-state index < -0.39 is 0 Å². The highest BCUT2D eigenvalue weighted by Crippen LogP contribution is 2.22. The number of carbonyl (C=O) groups is 1. The quantitative estimate of drug-likeness (QED) is 0.648. The molecule has 0 spiro atoms. The largest absolute Gasteiger partial charge is 0.465 e. The van der Waals surface area contributed by atoms with E-state index in [1.54, 1.807) is 18.3 Å². The zero-order chi connectivity index (χ0) is 16.2. The third-order valence-electron chi connectivity index (χ3n) is 3.53. The number of imidazole rings is 1. The van der Waals surface area contributed by atoms with Gasteiger partial charge in [-0.15, -0.1) is 0 Å². The third kappa shape index (κ3) is 3.51. The molecule has 0 amide bonds. The summed E-state index contributed by atoms with van der Waals surface area (Å²) in [6, 6.07) is 15.5. The van der Waals surface area contributed by atoms with Gasteiger partial charge in [-0.3, -0.25) is 0 Å². The fraction of sp³-hybridized carbons (Fsp3) is 0.111. The van der Waals surface area contributed by atoms with Crippen LogP contribution in [0.1, 0.15) is 15.9 Å². The van der Waals surface area contributed by atoms with Crippen molar-refractivity contribution in [3.63, 3.8) is 0 Å². The van der Waals surface area contributed by atoms with Gasteiger partial charge in [0.05, 0.1) is 12.7 Å². The molecule has 3 rings (SSSR count). The van der Waals surface area contributed by atoms with Crippen molar-refractivity contribution >= 4 is 21.9 Å². The predicted octanol–water partition coefficient (Wildman–Crippen LogP) is 4.15. The van der Waals surface area contributed by atoms with Crippen LogP contribution in [-0.4, -0.2) is 22.6 Å². The first-order valence-electron chi connectivity index (χ1n) is 7.11. The summed E-state index contributed by atoms with van der Waals surface area (Å²) in [5.41, 5.74) is 2.69. The first-order valence-corrected chi connectivity index (χ1v) is 7.91. The minimum atomic E-state index is -0.325. The molecular weight excluding hydrogens is 356 g/mol. The van der Waals surface area contributed by atoms with Gasteiger partial charge >= 0.3 is 5.97 Å². The molecule has 0 unspecified atom stereocenters. The van der Waals surface area contributed by atoms with Gasteiger partial charge < -0.3 is 9.30 Å². The molecule has 116 valence electrons. The van der Waals surface area contributed by atoms with Crippen LogP contribution in [0.5, 0.6) is 0 Å². The molecule has 3 aromatic rings. The molecule has 1 aromatic heterocycles. The Balaban J connectivity index is 1.84. The molecule has 23 heavy (non-hydrogen) atoms. The number of benzene rings is 2. The fourth-order valence-electron chi connectivity index (χ4n) is 2.39. The standard InChI is InChI=1S/C18H15BrN2O2/c1-23-18(22)14-7-5-13(6-8-14)12-21-10-9-20-17(21)15-3-2-4-16(19)11-15/h2-11H,12H2,1H3. The minimum absolute atomic E-state index is 0.325. The summed E-state index contributed by atoms with van der Waals surface area (Å²) < 4.78 is 7.81. The molecule has 0 radical (unpaired) electrons. The number of nitrogens with zero attached hydrogens (tertiary/aromatic N) is 2. The lowest BCUT2D eigenvalue weighted by Gasteiger charge is -2.09. The molecule has 0 aliphatic rings. The van der Waals surface area contributed by atoms with Crippen molar-refractivity contribution in [2.75, 3.05) is 7.11 Å². The Morgan fingerprint density at radius 2 is 2.00 bits per heavy atom. The molecule has 4 nitrogen and oxygen atoms in total. The van der Waals surface area contributed by atoms with Crippen molar-refractivity contribution in [2.24, 2.45) is 0 Å². The molecule has 0 N–H and O–H groups in total. The van der Waals surface area contributed by atoms with Crippen molar-refractivity contribution in [3.8, 4) is 11.4 Å². The zero-order valence-corrected chi connectivity index (χ0v) is 14.2. The molecule has 0 aliphatic carbocycles. The van der Waals surface area contributed by atoms with E-state index in [4.69, 9.17) is 4.74 Å². The second-order valence-electron chi connectivity index (χ2n) is 5.08. The van der Waals surface area contributed by atoms with Gasteiger partial charge in [0.2, 0.25) is 0 Å². The average Bonchev–Trinajstić information content (AvgIpc) is 3.03. The second kappa shape index (κ2) is 6.79. The predicted molar refractivity (Wildman–Crippen MR) is 92.2 cm³/mol. The number of hydrogen-bond acceptors (Lipinski definition) is 3. The monoisotopic (exact) mass is 370 g/mol. The van der Waals surface area contributed by atoms with Gasteiger partial charge in [-0.05, 0) is 29.8 Å². The summed E-state index contributed by atoms with van der Waals surface area (Å²) in [5, 5.41) is 0. The lowest BCUT2D eigenvalue weighted by Crippen LogP contribution is -2.03. The Morgan fingerprint density at radius 1 is 1.22 bits per heavy atom. The zero-order valence-electron chi connectivity index (χ0n) is 12.6. The summed E-state index contributed by atoms with van der Waals surface area (Å²) in [7, 11) is 1.38. The second-order valence-corrected chi connectivity index (χ2v) is 5.99. The summed E-state index contributed by atoms with van der Waals surface area (Å²) in [4.78, 5) is 15.9. The molecule has 1 heterocycles. The van der Waals surface area contributed by atoms with Gasteiger partial charge in [0.15, 0.2) is 0 Å². The van der Waals surface area contributed by atoms with Gasteiger partial charge in [0.1, 0.15) is 5.82 Å². The highest BCUT2D eigenvalue weighted by atomic mass is 79.9. The van der Waals surface area contributed by atoms with E-state index in [1.807, 2.05) is 42.6 Å². The van der Waals surface area contributed by atoms with E-state index in [0.29, 0.717) is 12.1 Å². The Hall–Kier alpha value is -2.40. The number of methoxy groups -OCH3 is 1. The molecule has 0 saturated heterocycles. The molecular formula is C18H15BrN2O2. The third-order valence-corrected chi connectivity index (χ3v) is 4.02. The Labute approximate surface area is 142 Å². The Kier molecular flexibility index (Phi) is 4.57. The first kappa shape index (κ1) is 15.5. The van der Waals surface area contributed by atoms with E-state index in [0.717, 1.165) is 21.4 Å². The van der Waals surface area contributed by atoms with Gasteiger partial charge in [-0.1, -0.05) is 40.2 Å². The number of ether oxygens (including phenoxy) is 1. The molecule has 0 bridgehead atoms. The van der Waals surface area contributed by atoms with Crippen LogP contribution in [0.25, 0.3) is 11.4 Å². The van der Waals surface area contributed by atoms with E-state index >= 15 is 0 Å². The van der Waals surface area contributed by atoms with Crippen LogP contribution in [0.4, 0.5) is 0 Å². The number of carbonyl (C=O) groups excluding carboxylic acids is 1. The molecule has 2 aromatic carbocycles. The van der Waals surface area contributed by atoms with Crippen LogP contribution in [-0.2, 0) is 11.3 Å². The Bertz CT molecular complexity index is 825. The maximum absolute atomic E-state index is 11.5. The lowest BCUT2D eigenvalue weighted by atomic mass is 10.1. The van der Waals surface area contributed by atoms with E-state index in [-0.39, 0.29) is 5.97 Å². The lowest BCUT2D eigenvalue weighted by molar-refractivity contribution is 0.0600. The number of aromatic nitrogens is 2. The van der Waals surface area contributed by atoms with Crippen LogP contribution in [0.3, 0.4) is 0 Å². The number of rotatable bonds is 4. The number of hydrogen-bond donors (Lipinski definition) is 0. The highest BCUT2D eigenvalue weighted by Gasteiger charge is 2.08. The van der Waals surface area contributed by atoms with Crippen molar-refractivity contribution in [2.45, 2.75) is 6.54 Å². The topological polar surface area (TPSA) is 44.1 Å². The van der Waals surface area contributed by atoms with Crippen LogP contribution in [0.15, 0.2) is 65.4 Å². The van der Waals surface area contributed by atoms with Gasteiger partial charge in [-0.2, -0.15) is 0 Å². The molecule has 5 heteroatoms. The maximum Gasteiger partial charge on any atom is 0.337 e. The van der Waals surface area contributed by atoms with Crippen molar-refractivity contribution < 1.29 is 9.53 Å². The summed E-state index contributed by atoms with van der Waals surface area (Å²) in [5.74, 6) is 0.581. The fourth-order valence-corrected chi connectivity index (χ4v) is 2.78. The van der Waals surface area contributed by atoms with E-state index in [1.165, 1.54) is 7.11 Å². The van der Waals surface area contributed by atoms with Crippen LogP contribution in [0.2, 0.25) is 0 Å². The minimum Gasteiger partial charge on any atom is -0.465 e. The molecule has 0 aliphatic heterocycles.